The molecule has 1 fully saturated rings. The Morgan fingerprint density at radius 3 is 2.76 bits per heavy atom. The Morgan fingerprint density at radius 1 is 1.41 bits per heavy atom. The number of carbonyl (C=O) groups is 1. The molecule has 1 aliphatic heterocycles. The summed E-state index contributed by atoms with van der Waals surface area (Å²) in [4.78, 5) is 11.5. The van der Waals surface area contributed by atoms with Gasteiger partial charge in [-0.15, -0.1) is 0 Å². The van der Waals surface area contributed by atoms with Gasteiger partial charge in [-0.25, -0.2) is 0 Å². The first kappa shape index (κ1) is 14.8. The third kappa shape index (κ3) is 7.63. The summed E-state index contributed by atoms with van der Waals surface area (Å²) in [6.45, 7) is 7.74. The van der Waals surface area contributed by atoms with Crippen LogP contribution in [0.3, 0.4) is 0 Å². The molecule has 0 amide bonds. The Kier molecular flexibility index (Phi) is 6.30. The van der Waals surface area contributed by atoms with E-state index in [0.29, 0.717) is 19.6 Å². The lowest BCUT2D eigenvalue weighted by atomic mass is 10.2. The van der Waals surface area contributed by atoms with E-state index in [4.69, 9.17) is 9.47 Å². The molecule has 17 heavy (non-hydrogen) atoms. The molecule has 100 valence electrons. The number of hydrogen-bond donors (Lipinski definition) is 1. The Balaban J connectivity index is 2.04. The van der Waals surface area contributed by atoms with Crippen LogP contribution in [-0.4, -0.2) is 48.9 Å². The van der Waals surface area contributed by atoms with Crippen molar-refractivity contribution in [2.24, 2.45) is 0 Å². The van der Waals surface area contributed by atoms with E-state index in [1.54, 1.807) is 0 Å². The predicted molar refractivity (Wildman–Crippen MR) is 70.4 cm³/mol. The molecule has 1 rings (SSSR count). The Bertz CT molecular complexity index is 234. The van der Waals surface area contributed by atoms with Crippen LogP contribution in [0.1, 0.15) is 27.2 Å². The van der Waals surface area contributed by atoms with Gasteiger partial charge >= 0.3 is 5.97 Å². The largest absolute Gasteiger partial charge is 0.463 e. The minimum atomic E-state index is -0.173. The standard InChI is InChI=1S/C12H23NO3S/c1-12(2,3)16-6-5-15-11(14)8-10-9-17-7-4-13-10/h10,13H,4-9H2,1-3H3. The van der Waals surface area contributed by atoms with E-state index in [-0.39, 0.29) is 17.6 Å². The van der Waals surface area contributed by atoms with Crippen molar-refractivity contribution in [3.8, 4) is 0 Å². The van der Waals surface area contributed by atoms with Crippen molar-refractivity contribution < 1.29 is 14.3 Å². The fraction of sp³-hybridized carbons (Fsp3) is 0.917. The maximum Gasteiger partial charge on any atom is 0.307 e. The number of nitrogens with one attached hydrogen (secondary N) is 1. The van der Waals surface area contributed by atoms with E-state index in [9.17, 15) is 4.79 Å². The molecule has 0 aliphatic carbocycles. The van der Waals surface area contributed by atoms with Gasteiger partial charge in [-0.1, -0.05) is 0 Å². The zero-order valence-electron chi connectivity index (χ0n) is 11.0. The third-order valence-electron chi connectivity index (χ3n) is 2.29. The van der Waals surface area contributed by atoms with Crippen LogP contribution in [0.25, 0.3) is 0 Å². The van der Waals surface area contributed by atoms with E-state index < -0.39 is 0 Å². The lowest BCUT2D eigenvalue weighted by Crippen LogP contribution is -2.39. The number of carbonyl (C=O) groups excluding carboxylic acids is 1. The molecule has 0 spiro atoms. The van der Waals surface area contributed by atoms with Crippen molar-refractivity contribution in [2.45, 2.75) is 38.8 Å². The molecule has 0 aromatic rings. The zero-order valence-corrected chi connectivity index (χ0v) is 11.8. The maximum absolute atomic E-state index is 11.5. The molecule has 5 heteroatoms. The second kappa shape index (κ2) is 7.24. The van der Waals surface area contributed by atoms with Gasteiger partial charge in [0.1, 0.15) is 6.61 Å². The molecule has 0 aromatic heterocycles. The second-order valence-electron chi connectivity index (χ2n) is 5.11. The summed E-state index contributed by atoms with van der Waals surface area (Å²) in [6, 6.07) is 0.268. The van der Waals surface area contributed by atoms with Gasteiger partial charge < -0.3 is 14.8 Å². The number of rotatable bonds is 5. The highest BCUT2D eigenvalue weighted by Gasteiger charge is 2.17. The van der Waals surface area contributed by atoms with Crippen molar-refractivity contribution >= 4 is 17.7 Å². The van der Waals surface area contributed by atoms with Crippen molar-refractivity contribution in [3.05, 3.63) is 0 Å². The van der Waals surface area contributed by atoms with E-state index in [1.165, 1.54) is 0 Å². The lowest BCUT2D eigenvalue weighted by Gasteiger charge is -2.22. The summed E-state index contributed by atoms with van der Waals surface area (Å²) >= 11 is 1.88. The highest BCUT2D eigenvalue weighted by atomic mass is 32.2. The number of ether oxygens (including phenoxy) is 2. The summed E-state index contributed by atoms with van der Waals surface area (Å²) in [5.74, 6) is 1.99. The van der Waals surface area contributed by atoms with Gasteiger partial charge in [0, 0.05) is 24.1 Å². The number of esters is 1. The molecule has 1 saturated heterocycles. The molecule has 1 aliphatic rings. The summed E-state index contributed by atoms with van der Waals surface area (Å²) < 4.78 is 10.6. The van der Waals surface area contributed by atoms with Gasteiger partial charge in [0.2, 0.25) is 0 Å². The lowest BCUT2D eigenvalue weighted by molar-refractivity contribution is -0.147. The summed E-state index contributed by atoms with van der Waals surface area (Å²) in [5, 5.41) is 3.31. The molecular formula is C12H23NO3S. The molecule has 0 saturated carbocycles. The smallest absolute Gasteiger partial charge is 0.307 e. The van der Waals surface area contributed by atoms with Crippen LogP contribution in [0.15, 0.2) is 0 Å². The molecule has 1 unspecified atom stereocenters. The first-order chi connectivity index (χ1) is 7.97. The topological polar surface area (TPSA) is 47.6 Å². The molecule has 1 heterocycles. The minimum absolute atomic E-state index is 0.137. The molecular weight excluding hydrogens is 238 g/mol. The van der Waals surface area contributed by atoms with Gasteiger partial charge in [0.05, 0.1) is 18.6 Å². The van der Waals surface area contributed by atoms with Crippen molar-refractivity contribution in [1.82, 2.24) is 5.32 Å². The van der Waals surface area contributed by atoms with E-state index in [2.05, 4.69) is 5.32 Å². The number of hydrogen-bond acceptors (Lipinski definition) is 5. The maximum atomic E-state index is 11.5. The molecule has 4 nitrogen and oxygen atoms in total. The zero-order chi connectivity index (χ0) is 12.7. The normalized spacial score (nSPS) is 21.2. The Morgan fingerprint density at radius 2 is 2.18 bits per heavy atom. The summed E-state index contributed by atoms with van der Waals surface area (Å²) in [6.07, 6.45) is 0.461. The fourth-order valence-electron chi connectivity index (χ4n) is 1.51. The molecule has 1 N–H and O–H groups in total. The third-order valence-corrected chi connectivity index (χ3v) is 3.42. The SMILES string of the molecule is CC(C)(C)OCCOC(=O)CC1CSCCN1. The van der Waals surface area contributed by atoms with Crippen molar-refractivity contribution in [2.75, 3.05) is 31.3 Å². The first-order valence-corrected chi connectivity index (χ1v) is 7.23. The monoisotopic (exact) mass is 261 g/mol. The molecule has 0 radical (unpaired) electrons. The van der Waals surface area contributed by atoms with Crippen LogP contribution in [0.4, 0.5) is 0 Å². The summed E-state index contributed by atoms with van der Waals surface area (Å²) in [5.41, 5.74) is -0.173. The van der Waals surface area contributed by atoms with Crippen molar-refractivity contribution in [1.29, 1.82) is 0 Å². The summed E-state index contributed by atoms with van der Waals surface area (Å²) in [7, 11) is 0. The second-order valence-corrected chi connectivity index (χ2v) is 6.26. The predicted octanol–water partition coefficient (Wildman–Crippen LogP) is 1.44. The highest BCUT2D eigenvalue weighted by molar-refractivity contribution is 7.99. The molecule has 0 aromatic carbocycles. The molecule has 0 bridgehead atoms. The van der Waals surface area contributed by atoms with Crippen LogP contribution in [0, 0.1) is 0 Å². The van der Waals surface area contributed by atoms with Gasteiger partial charge in [-0.05, 0) is 20.8 Å². The van der Waals surface area contributed by atoms with Crippen LogP contribution >= 0.6 is 11.8 Å². The van der Waals surface area contributed by atoms with E-state index in [1.807, 2.05) is 32.5 Å². The number of thioether (sulfide) groups is 1. The average molecular weight is 261 g/mol. The van der Waals surface area contributed by atoms with Gasteiger partial charge in [0.15, 0.2) is 0 Å². The highest BCUT2D eigenvalue weighted by Crippen LogP contribution is 2.11. The van der Waals surface area contributed by atoms with Crippen LogP contribution in [0.5, 0.6) is 0 Å². The van der Waals surface area contributed by atoms with Gasteiger partial charge in [0.25, 0.3) is 0 Å². The van der Waals surface area contributed by atoms with Crippen LogP contribution in [0.2, 0.25) is 0 Å². The Hall–Kier alpha value is -0.260. The van der Waals surface area contributed by atoms with E-state index in [0.717, 1.165) is 18.1 Å². The van der Waals surface area contributed by atoms with Gasteiger partial charge in [-0.2, -0.15) is 11.8 Å². The van der Waals surface area contributed by atoms with E-state index >= 15 is 0 Å². The first-order valence-electron chi connectivity index (χ1n) is 6.08. The minimum Gasteiger partial charge on any atom is -0.463 e. The fourth-order valence-corrected chi connectivity index (χ4v) is 2.46. The van der Waals surface area contributed by atoms with Gasteiger partial charge in [-0.3, -0.25) is 4.79 Å². The van der Waals surface area contributed by atoms with Crippen LogP contribution < -0.4 is 5.32 Å². The average Bonchev–Trinajstić information content (AvgIpc) is 2.25. The van der Waals surface area contributed by atoms with Crippen LogP contribution in [-0.2, 0) is 14.3 Å². The Labute approximate surface area is 108 Å². The quantitative estimate of drug-likeness (QED) is 0.599. The molecule has 1 atom stereocenters. The van der Waals surface area contributed by atoms with Crippen molar-refractivity contribution in [3.63, 3.8) is 0 Å².